The highest BCUT2D eigenvalue weighted by Gasteiger charge is 2.34. The molecule has 2 rings (SSSR count). The zero-order valence-corrected chi connectivity index (χ0v) is 12.4. The van der Waals surface area contributed by atoms with Gasteiger partial charge in [-0.15, -0.1) is 0 Å². The van der Waals surface area contributed by atoms with Crippen molar-refractivity contribution in [3.8, 4) is 0 Å². The number of methoxy groups -OCH3 is 1. The molecule has 0 spiro atoms. The summed E-state index contributed by atoms with van der Waals surface area (Å²) in [4.78, 5) is 11.8. The minimum absolute atomic E-state index is 0.243. The van der Waals surface area contributed by atoms with E-state index in [-0.39, 0.29) is 11.4 Å². The van der Waals surface area contributed by atoms with Crippen molar-refractivity contribution in [2.24, 2.45) is 5.41 Å². The van der Waals surface area contributed by atoms with Crippen LogP contribution < -0.4 is 5.32 Å². The van der Waals surface area contributed by atoms with Gasteiger partial charge in [0.05, 0.1) is 12.7 Å². The molecule has 1 N–H and O–H groups in total. The van der Waals surface area contributed by atoms with Gasteiger partial charge in [-0.05, 0) is 36.5 Å². The third-order valence-corrected chi connectivity index (χ3v) is 4.21. The molecule has 0 aromatic heterocycles. The van der Waals surface area contributed by atoms with E-state index in [1.54, 1.807) is 12.1 Å². The van der Waals surface area contributed by atoms with E-state index in [9.17, 15) is 4.79 Å². The first-order chi connectivity index (χ1) is 8.94. The summed E-state index contributed by atoms with van der Waals surface area (Å²) >= 11 is 5.95. The zero-order chi connectivity index (χ0) is 14.0. The second kappa shape index (κ2) is 5.41. The number of hydrogen-bond acceptors (Lipinski definition) is 3. The van der Waals surface area contributed by atoms with Crippen LogP contribution in [-0.4, -0.2) is 19.1 Å². The molecule has 0 saturated heterocycles. The van der Waals surface area contributed by atoms with Crippen LogP contribution in [0.3, 0.4) is 0 Å². The van der Waals surface area contributed by atoms with E-state index in [1.807, 2.05) is 6.07 Å². The number of esters is 1. The molecule has 0 radical (unpaired) electrons. The number of halogens is 1. The Morgan fingerprint density at radius 1 is 1.47 bits per heavy atom. The van der Waals surface area contributed by atoms with Crippen molar-refractivity contribution in [1.29, 1.82) is 0 Å². The summed E-state index contributed by atoms with van der Waals surface area (Å²) in [6, 6.07) is 5.66. The van der Waals surface area contributed by atoms with Crippen LogP contribution >= 0.6 is 11.6 Å². The molecule has 1 fully saturated rings. The van der Waals surface area contributed by atoms with Crippen molar-refractivity contribution >= 4 is 23.3 Å². The van der Waals surface area contributed by atoms with Crippen molar-refractivity contribution in [3.63, 3.8) is 0 Å². The van der Waals surface area contributed by atoms with E-state index in [1.165, 1.54) is 20.0 Å². The Labute approximate surface area is 119 Å². The van der Waals surface area contributed by atoms with Crippen LogP contribution in [0.1, 0.15) is 43.5 Å². The first-order valence-electron chi connectivity index (χ1n) is 6.58. The van der Waals surface area contributed by atoms with E-state index in [2.05, 4.69) is 19.2 Å². The largest absolute Gasteiger partial charge is 0.465 e. The number of anilines is 1. The highest BCUT2D eigenvalue weighted by Crippen LogP contribution is 2.39. The molecule has 0 aliphatic heterocycles. The highest BCUT2D eigenvalue weighted by molar-refractivity contribution is 6.31. The van der Waals surface area contributed by atoms with Gasteiger partial charge in [0.15, 0.2) is 0 Å². The molecule has 1 aromatic rings. The number of nitrogens with one attached hydrogen (secondary N) is 1. The summed E-state index contributed by atoms with van der Waals surface area (Å²) in [5.74, 6) is -0.360. The van der Waals surface area contributed by atoms with Crippen molar-refractivity contribution in [3.05, 3.63) is 28.8 Å². The average Bonchev–Trinajstić information content (AvgIpc) is 2.70. The molecule has 0 amide bonds. The molecule has 0 heterocycles. The minimum atomic E-state index is -0.360. The lowest BCUT2D eigenvalue weighted by molar-refractivity contribution is 0.0601. The number of benzene rings is 1. The molecular formula is C15H20ClNO2. The van der Waals surface area contributed by atoms with Gasteiger partial charge in [0.25, 0.3) is 0 Å². The zero-order valence-electron chi connectivity index (χ0n) is 11.6. The first-order valence-corrected chi connectivity index (χ1v) is 6.96. The molecule has 1 saturated carbocycles. The molecule has 1 unspecified atom stereocenters. The summed E-state index contributed by atoms with van der Waals surface area (Å²) in [6.07, 6.45) is 3.54. The molecule has 1 aliphatic carbocycles. The van der Waals surface area contributed by atoms with Gasteiger partial charge in [-0.1, -0.05) is 31.9 Å². The quantitative estimate of drug-likeness (QED) is 0.847. The van der Waals surface area contributed by atoms with E-state index >= 15 is 0 Å². The lowest BCUT2D eigenvalue weighted by Gasteiger charge is -2.29. The average molecular weight is 282 g/mol. The number of carbonyl (C=O) groups excluding carboxylic acids is 1. The molecule has 1 atom stereocenters. The number of ether oxygens (including phenoxy) is 1. The van der Waals surface area contributed by atoms with Crippen LogP contribution in [0.4, 0.5) is 5.69 Å². The van der Waals surface area contributed by atoms with Crippen LogP contribution in [0.5, 0.6) is 0 Å². The number of carbonyl (C=O) groups is 1. The maximum Gasteiger partial charge on any atom is 0.340 e. The van der Waals surface area contributed by atoms with Gasteiger partial charge in [-0.25, -0.2) is 4.79 Å². The Bertz CT molecular complexity index is 485. The first kappa shape index (κ1) is 14.2. The lowest BCUT2D eigenvalue weighted by Crippen LogP contribution is -2.31. The topological polar surface area (TPSA) is 38.3 Å². The molecule has 1 aliphatic rings. The molecule has 3 nitrogen and oxygen atoms in total. The Hall–Kier alpha value is -1.22. The van der Waals surface area contributed by atoms with Crippen molar-refractivity contribution in [2.75, 3.05) is 12.4 Å². The summed E-state index contributed by atoms with van der Waals surface area (Å²) < 4.78 is 4.81. The Morgan fingerprint density at radius 3 is 2.79 bits per heavy atom. The maximum atomic E-state index is 11.8. The normalized spacial score (nSPS) is 21.2. The van der Waals surface area contributed by atoms with Gasteiger partial charge in [-0.2, -0.15) is 0 Å². The fourth-order valence-electron chi connectivity index (χ4n) is 2.70. The molecule has 0 bridgehead atoms. The Balaban J connectivity index is 2.27. The maximum absolute atomic E-state index is 11.8. The monoisotopic (exact) mass is 281 g/mol. The number of hydrogen-bond donors (Lipinski definition) is 1. The molecule has 4 heteroatoms. The van der Waals surface area contributed by atoms with Crippen LogP contribution in [0.15, 0.2) is 18.2 Å². The van der Waals surface area contributed by atoms with Crippen LogP contribution in [0.2, 0.25) is 5.02 Å². The molecule has 104 valence electrons. The highest BCUT2D eigenvalue weighted by atomic mass is 35.5. The predicted octanol–water partition coefficient (Wildman–Crippen LogP) is 4.12. The third-order valence-electron chi connectivity index (χ3n) is 3.97. The molecule has 1 aromatic carbocycles. The predicted molar refractivity (Wildman–Crippen MR) is 77.8 cm³/mol. The van der Waals surface area contributed by atoms with Crippen molar-refractivity contribution in [2.45, 2.75) is 39.2 Å². The smallest absolute Gasteiger partial charge is 0.340 e. The standard InChI is InChI=1S/C15H20ClNO2/c1-15(2)8-4-5-13(15)17-12-7-6-10(16)9-11(12)14(18)19-3/h6-7,9,13,17H,4-5,8H2,1-3H3. The third kappa shape index (κ3) is 3.03. The fraction of sp³-hybridized carbons (Fsp3) is 0.533. The van der Waals surface area contributed by atoms with Gasteiger partial charge in [0.2, 0.25) is 0 Å². The van der Waals surface area contributed by atoms with Gasteiger partial charge in [0.1, 0.15) is 0 Å². The van der Waals surface area contributed by atoms with Gasteiger partial charge in [0, 0.05) is 16.8 Å². The molecular weight excluding hydrogens is 262 g/mol. The Kier molecular flexibility index (Phi) is 4.04. The minimum Gasteiger partial charge on any atom is -0.465 e. The second-order valence-corrected chi connectivity index (χ2v) is 6.20. The number of rotatable bonds is 3. The van der Waals surface area contributed by atoms with E-state index in [4.69, 9.17) is 16.3 Å². The summed E-state index contributed by atoms with van der Waals surface area (Å²) in [5, 5.41) is 4.02. The van der Waals surface area contributed by atoms with Crippen LogP contribution in [0, 0.1) is 5.41 Å². The second-order valence-electron chi connectivity index (χ2n) is 5.76. The lowest BCUT2D eigenvalue weighted by atomic mass is 9.87. The van der Waals surface area contributed by atoms with Gasteiger partial charge < -0.3 is 10.1 Å². The molecule has 19 heavy (non-hydrogen) atoms. The summed E-state index contributed by atoms with van der Waals surface area (Å²) in [6.45, 7) is 4.51. The van der Waals surface area contributed by atoms with E-state index < -0.39 is 0 Å². The Morgan fingerprint density at radius 2 is 2.21 bits per heavy atom. The van der Waals surface area contributed by atoms with Crippen molar-refractivity contribution in [1.82, 2.24) is 0 Å². The fourth-order valence-corrected chi connectivity index (χ4v) is 2.88. The van der Waals surface area contributed by atoms with E-state index in [0.717, 1.165) is 12.1 Å². The summed E-state index contributed by atoms with van der Waals surface area (Å²) in [5.41, 5.74) is 1.54. The van der Waals surface area contributed by atoms with Crippen LogP contribution in [0.25, 0.3) is 0 Å². The van der Waals surface area contributed by atoms with Gasteiger partial charge >= 0.3 is 5.97 Å². The van der Waals surface area contributed by atoms with Crippen molar-refractivity contribution < 1.29 is 9.53 Å². The van der Waals surface area contributed by atoms with Gasteiger partial charge in [-0.3, -0.25) is 0 Å². The summed E-state index contributed by atoms with van der Waals surface area (Å²) in [7, 11) is 1.38. The van der Waals surface area contributed by atoms with E-state index in [0.29, 0.717) is 16.6 Å². The SMILES string of the molecule is COC(=O)c1cc(Cl)ccc1NC1CCCC1(C)C. The van der Waals surface area contributed by atoms with Crippen LogP contribution in [-0.2, 0) is 4.74 Å².